The number of alkyl halides is 3. The molecule has 162 valence electrons. The van der Waals surface area contributed by atoms with Gasteiger partial charge in [-0.1, -0.05) is 4.74 Å². The van der Waals surface area contributed by atoms with Gasteiger partial charge < -0.3 is 25.9 Å². The number of ether oxygens (including phenoxy) is 1. The van der Waals surface area contributed by atoms with E-state index in [9.17, 15) is 33.4 Å². The van der Waals surface area contributed by atoms with Gasteiger partial charge in [0, 0.05) is 0 Å². The summed E-state index contributed by atoms with van der Waals surface area (Å²) >= 11 is 0. The van der Waals surface area contributed by atoms with Crippen molar-refractivity contribution in [1.82, 2.24) is 10.2 Å². The molecule has 2 fully saturated rings. The fraction of sp³-hybridized carbons (Fsp3) is 0.800. The van der Waals surface area contributed by atoms with Crippen LogP contribution in [0.3, 0.4) is 0 Å². The van der Waals surface area contributed by atoms with Crippen LogP contribution in [0, 0.1) is 5.41 Å². The molecule has 1 saturated heterocycles. The van der Waals surface area contributed by atoms with Crippen molar-refractivity contribution in [2.24, 2.45) is 21.9 Å². The molecule has 0 bridgehead atoms. The maximum Gasteiger partial charge on any atom is 0.404 e. The molecular weight excluding hydrogens is 401 g/mol. The summed E-state index contributed by atoms with van der Waals surface area (Å²) in [7, 11) is 0. The Morgan fingerprint density at radius 1 is 1.45 bits per heavy atom. The third-order valence-corrected chi connectivity index (χ3v) is 6.50. The Bertz CT molecular complexity index is 826. The topological polar surface area (TPSA) is 170 Å². The number of aliphatic hydroxyl groups excluding tert-OH is 1. The Morgan fingerprint density at radius 3 is 2.59 bits per heavy atom. The molecule has 1 aliphatic carbocycles. The van der Waals surface area contributed by atoms with Crippen LogP contribution in [0.5, 0.6) is 0 Å². The van der Waals surface area contributed by atoms with Crippen molar-refractivity contribution in [3.8, 4) is 0 Å². The van der Waals surface area contributed by atoms with Gasteiger partial charge in [-0.3, -0.25) is 20.7 Å². The summed E-state index contributed by atoms with van der Waals surface area (Å²) in [6.07, 6.45) is -7.06. The second-order valence-electron chi connectivity index (χ2n) is 8.01. The summed E-state index contributed by atoms with van der Waals surface area (Å²) in [6.45, 7) is 0.330. The Balaban J connectivity index is 1.74. The van der Waals surface area contributed by atoms with E-state index in [4.69, 9.17) is 16.2 Å². The minimum atomic E-state index is -4.78. The first kappa shape index (κ1) is 19.8. The fourth-order valence-corrected chi connectivity index (χ4v) is 4.66. The highest BCUT2D eigenvalue weighted by Gasteiger charge is 2.79. The van der Waals surface area contributed by atoms with E-state index in [-0.39, 0.29) is 18.5 Å². The van der Waals surface area contributed by atoms with Crippen molar-refractivity contribution in [3.05, 3.63) is 0 Å². The SMILES string of the molecule is C[C@]1(O)[C@@H](OC(=O)C2(C(F)(F)F)CC2)CN2C(N)=NC(CO)C3NC(N)=[N+](O)C321. The minimum Gasteiger partial charge on any atom is -0.456 e. The number of carbonyl (C=O) groups is 1. The summed E-state index contributed by atoms with van der Waals surface area (Å²) in [6, 6.07) is -1.94. The molecule has 3 heterocycles. The van der Waals surface area contributed by atoms with Crippen molar-refractivity contribution >= 4 is 17.9 Å². The van der Waals surface area contributed by atoms with Gasteiger partial charge in [0.25, 0.3) is 5.66 Å². The number of rotatable bonds is 3. The molecule has 0 radical (unpaired) electrons. The zero-order chi connectivity index (χ0) is 21.6. The van der Waals surface area contributed by atoms with Gasteiger partial charge in [0.1, 0.15) is 6.04 Å². The van der Waals surface area contributed by atoms with Crippen molar-refractivity contribution in [2.75, 3.05) is 13.2 Å². The molecule has 29 heavy (non-hydrogen) atoms. The number of halogens is 3. The van der Waals surface area contributed by atoms with Crippen LogP contribution in [0.2, 0.25) is 0 Å². The van der Waals surface area contributed by atoms with Gasteiger partial charge in [0.05, 0.1) is 13.2 Å². The first-order valence-corrected chi connectivity index (χ1v) is 8.94. The lowest BCUT2D eigenvalue weighted by atomic mass is 9.79. The highest BCUT2D eigenvalue weighted by atomic mass is 19.4. The summed E-state index contributed by atoms with van der Waals surface area (Å²) < 4.78 is 45.5. The van der Waals surface area contributed by atoms with Crippen LogP contribution in [-0.2, 0) is 9.53 Å². The largest absolute Gasteiger partial charge is 0.456 e. The van der Waals surface area contributed by atoms with Crippen LogP contribution in [-0.4, -0.2) is 91.7 Å². The molecule has 3 aliphatic heterocycles. The summed E-state index contributed by atoms with van der Waals surface area (Å²) in [4.78, 5) is 17.7. The van der Waals surface area contributed by atoms with E-state index in [1.807, 2.05) is 0 Å². The van der Waals surface area contributed by atoms with Gasteiger partial charge in [-0.25, -0.2) is 4.99 Å². The van der Waals surface area contributed by atoms with Crippen molar-refractivity contribution in [3.63, 3.8) is 0 Å². The molecule has 11 nitrogen and oxygen atoms in total. The number of nitrogens with one attached hydrogen (secondary N) is 1. The molecular formula is C15H22F3N6O5+. The quantitative estimate of drug-likeness (QED) is 0.162. The van der Waals surface area contributed by atoms with E-state index in [1.165, 1.54) is 11.8 Å². The van der Waals surface area contributed by atoms with Crippen LogP contribution in [0.25, 0.3) is 0 Å². The average Bonchev–Trinajstić information content (AvgIpc) is 3.35. The number of aliphatic hydroxyl groups is 2. The standard InChI is InChI=1S/C15H21F3N6O5/c1-12(27)7(29-9(26)13(2-3-13)15(16,17)18)4-23-10(19)21-6(5-25)8-14(12,23)24(28)11(20)22-8/h6-8,25,27-28H,2-5H2,1H3,(H4,19,20,21,22)/p+1/t6?,7-,8?,12-,14?/m0/s1. The molecule has 3 unspecified atom stereocenters. The van der Waals surface area contributed by atoms with E-state index < -0.39 is 66.5 Å². The molecule has 14 heteroatoms. The Kier molecular flexibility index (Phi) is 3.80. The lowest BCUT2D eigenvalue weighted by Gasteiger charge is -2.46. The number of nitrogens with two attached hydrogens (primary N) is 2. The number of carbonyl (C=O) groups excluding carboxylic acids is 1. The normalized spacial score (nSPS) is 40.1. The lowest BCUT2D eigenvalue weighted by Crippen LogP contribution is -2.76. The fourth-order valence-electron chi connectivity index (χ4n) is 4.66. The third kappa shape index (κ3) is 2.18. The van der Waals surface area contributed by atoms with Gasteiger partial charge in [-0.2, -0.15) is 13.2 Å². The smallest absolute Gasteiger partial charge is 0.404 e. The molecule has 4 aliphatic rings. The second kappa shape index (κ2) is 5.56. The van der Waals surface area contributed by atoms with E-state index in [0.717, 1.165) is 0 Å². The van der Waals surface area contributed by atoms with Crippen molar-refractivity contribution in [2.45, 2.75) is 55.4 Å². The first-order chi connectivity index (χ1) is 13.3. The molecule has 8 N–H and O–H groups in total. The summed E-state index contributed by atoms with van der Waals surface area (Å²) in [5.41, 5.74) is 5.11. The van der Waals surface area contributed by atoms with E-state index in [0.29, 0.717) is 4.74 Å². The number of guanidine groups is 2. The highest BCUT2D eigenvalue weighted by molar-refractivity contribution is 5.84. The predicted molar refractivity (Wildman–Crippen MR) is 88.3 cm³/mol. The Hall–Kier alpha value is -2.48. The number of hydrogen-bond donors (Lipinski definition) is 6. The lowest BCUT2D eigenvalue weighted by molar-refractivity contribution is -0.844. The average molecular weight is 423 g/mol. The molecule has 1 spiro atoms. The zero-order valence-electron chi connectivity index (χ0n) is 15.3. The molecule has 0 aromatic heterocycles. The summed E-state index contributed by atoms with van der Waals surface area (Å²) in [5.74, 6) is -1.99. The van der Waals surface area contributed by atoms with E-state index >= 15 is 0 Å². The second-order valence-corrected chi connectivity index (χ2v) is 8.01. The zero-order valence-corrected chi connectivity index (χ0v) is 15.3. The van der Waals surface area contributed by atoms with Gasteiger partial charge in [0.2, 0.25) is 0 Å². The van der Waals surface area contributed by atoms with Crippen LogP contribution >= 0.6 is 0 Å². The van der Waals surface area contributed by atoms with E-state index in [2.05, 4.69) is 10.3 Å². The number of hydrogen-bond acceptors (Lipinski definition) is 10. The number of nitrogens with zero attached hydrogens (tertiary/aromatic N) is 3. The van der Waals surface area contributed by atoms with Crippen LogP contribution in [0.15, 0.2) is 4.99 Å². The molecule has 5 atom stereocenters. The highest BCUT2D eigenvalue weighted by Crippen LogP contribution is 2.59. The Morgan fingerprint density at radius 2 is 2.07 bits per heavy atom. The number of esters is 1. The molecule has 0 aromatic carbocycles. The van der Waals surface area contributed by atoms with Crippen molar-refractivity contribution < 1.29 is 42.9 Å². The minimum absolute atomic E-state index is 0.202. The third-order valence-electron chi connectivity index (χ3n) is 6.50. The summed E-state index contributed by atoms with van der Waals surface area (Å²) in [5, 5.41) is 34.4. The van der Waals surface area contributed by atoms with Gasteiger partial charge in [0.15, 0.2) is 29.1 Å². The molecule has 4 rings (SSSR count). The first-order valence-electron chi connectivity index (χ1n) is 8.94. The van der Waals surface area contributed by atoms with Crippen LogP contribution in [0.4, 0.5) is 13.2 Å². The van der Waals surface area contributed by atoms with Gasteiger partial charge in [-0.15, -0.1) is 0 Å². The molecule has 1 saturated carbocycles. The monoisotopic (exact) mass is 423 g/mol. The number of hydroxylamine groups is 1. The molecule has 0 amide bonds. The number of aliphatic imine (C=N–C) groups is 1. The van der Waals surface area contributed by atoms with Gasteiger partial charge in [-0.05, 0) is 19.8 Å². The predicted octanol–water partition coefficient (Wildman–Crippen LogP) is -2.62. The van der Waals surface area contributed by atoms with Gasteiger partial charge >= 0.3 is 18.1 Å². The van der Waals surface area contributed by atoms with Crippen molar-refractivity contribution in [1.29, 1.82) is 0 Å². The van der Waals surface area contributed by atoms with E-state index in [1.54, 1.807) is 0 Å². The Labute approximate surface area is 162 Å². The maximum absolute atomic E-state index is 13.3. The molecule has 0 aromatic rings. The van der Waals surface area contributed by atoms with Crippen LogP contribution < -0.4 is 16.8 Å². The van der Waals surface area contributed by atoms with Crippen LogP contribution in [0.1, 0.15) is 19.8 Å². The maximum atomic E-state index is 13.3.